The van der Waals surface area contributed by atoms with Gasteiger partial charge in [0.05, 0.1) is 19.1 Å². The highest BCUT2D eigenvalue weighted by molar-refractivity contribution is 5.69. The van der Waals surface area contributed by atoms with Gasteiger partial charge in [-0.25, -0.2) is 4.98 Å². The van der Waals surface area contributed by atoms with Crippen LogP contribution in [-0.4, -0.2) is 16.7 Å². The van der Waals surface area contributed by atoms with E-state index in [0.717, 1.165) is 30.0 Å². The van der Waals surface area contributed by atoms with Crippen LogP contribution < -0.4 is 4.74 Å². The summed E-state index contributed by atoms with van der Waals surface area (Å²) in [6.45, 7) is 5.30. The van der Waals surface area contributed by atoms with Gasteiger partial charge in [0.25, 0.3) is 0 Å². The van der Waals surface area contributed by atoms with Gasteiger partial charge in [-0.1, -0.05) is 74.5 Å². The van der Waals surface area contributed by atoms with Crippen LogP contribution in [0.1, 0.15) is 25.1 Å². The lowest BCUT2D eigenvalue weighted by Gasteiger charge is -2.14. The van der Waals surface area contributed by atoms with Crippen molar-refractivity contribution in [3.05, 3.63) is 96.4 Å². The summed E-state index contributed by atoms with van der Waals surface area (Å²) in [7, 11) is 1.72. The van der Waals surface area contributed by atoms with E-state index in [2.05, 4.69) is 79.1 Å². The summed E-state index contributed by atoms with van der Waals surface area (Å²) in [5.74, 6) is 1.39. The van der Waals surface area contributed by atoms with Gasteiger partial charge in [-0.05, 0) is 47.2 Å². The highest BCUT2D eigenvalue weighted by Crippen LogP contribution is 2.32. The van der Waals surface area contributed by atoms with Gasteiger partial charge in [-0.2, -0.15) is 0 Å². The first kappa shape index (κ1) is 20.0. The van der Waals surface area contributed by atoms with E-state index in [1.807, 2.05) is 24.5 Å². The molecular formula is C27H28N2O. The standard InChI is InChI=1S/C27H28N2O/c1-20(2)16-25-27(24-14-7-8-15-26(24)30-3)28-19-29(25)18-21-10-9-13-23(17-21)22-11-5-4-6-12-22/h4-15,17,19-20H,16,18H2,1-3H3. The Morgan fingerprint density at radius 2 is 1.60 bits per heavy atom. The minimum absolute atomic E-state index is 0.532. The molecule has 0 atom stereocenters. The second-order valence-electron chi connectivity index (χ2n) is 8.03. The van der Waals surface area contributed by atoms with Crippen LogP contribution in [0.25, 0.3) is 22.4 Å². The SMILES string of the molecule is COc1ccccc1-c1ncn(Cc2cccc(-c3ccccc3)c2)c1CC(C)C. The summed E-state index contributed by atoms with van der Waals surface area (Å²) in [6.07, 6.45) is 2.93. The van der Waals surface area contributed by atoms with E-state index in [1.54, 1.807) is 7.11 Å². The predicted molar refractivity (Wildman–Crippen MR) is 124 cm³/mol. The van der Waals surface area contributed by atoms with Gasteiger partial charge in [0.2, 0.25) is 0 Å². The molecule has 0 N–H and O–H groups in total. The van der Waals surface area contributed by atoms with E-state index < -0.39 is 0 Å². The molecule has 0 saturated carbocycles. The van der Waals surface area contributed by atoms with Crippen LogP contribution in [0, 0.1) is 5.92 Å². The number of methoxy groups -OCH3 is 1. The lowest BCUT2D eigenvalue weighted by molar-refractivity contribution is 0.416. The summed E-state index contributed by atoms with van der Waals surface area (Å²) in [4.78, 5) is 4.81. The molecule has 0 saturated heterocycles. The van der Waals surface area contributed by atoms with Crippen molar-refractivity contribution in [3.8, 4) is 28.1 Å². The van der Waals surface area contributed by atoms with Crippen molar-refractivity contribution in [1.29, 1.82) is 0 Å². The molecule has 4 aromatic rings. The Morgan fingerprint density at radius 3 is 2.37 bits per heavy atom. The smallest absolute Gasteiger partial charge is 0.128 e. The lowest BCUT2D eigenvalue weighted by atomic mass is 10.0. The fourth-order valence-electron chi connectivity index (χ4n) is 3.89. The second-order valence-corrected chi connectivity index (χ2v) is 8.03. The number of para-hydroxylation sites is 1. The van der Waals surface area contributed by atoms with Crippen LogP contribution in [-0.2, 0) is 13.0 Å². The first-order chi connectivity index (χ1) is 14.7. The van der Waals surface area contributed by atoms with Crippen molar-refractivity contribution >= 4 is 0 Å². The molecule has 0 fully saturated rings. The van der Waals surface area contributed by atoms with Gasteiger partial charge in [0.15, 0.2) is 0 Å². The van der Waals surface area contributed by atoms with Crippen molar-refractivity contribution in [3.63, 3.8) is 0 Å². The number of aromatic nitrogens is 2. The second kappa shape index (κ2) is 9.00. The lowest BCUT2D eigenvalue weighted by Crippen LogP contribution is -2.07. The van der Waals surface area contributed by atoms with Gasteiger partial charge in [-0.3, -0.25) is 0 Å². The fourth-order valence-corrected chi connectivity index (χ4v) is 3.89. The Hall–Kier alpha value is -3.33. The normalized spacial score (nSPS) is 11.1. The summed E-state index contributed by atoms with van der Waals surface area (Å²) in [6, 6.07) is 27.4. The van der Waals surface area contributed by atoms with E-state index >= 15 is 0 Å². The van der Waals surface area contributed by atoms with E-state index in [9.17, 15) is 0 Å². The molecule has 0 aliphatic carbocycles. The Labute approximate surface area is 179 Å². The molecule has 0 radical (unpaired) electrons. The maximum absolute atomic E-state index is 5.60. The van der Waals surface area contributed by atoms with E-state index in [1.165, 1.54) is 22.4 Å². The zero-order chi connectivity index (χ0) is 20.9. The van der Waals surface area contributed by atoms with Crippen molar-refractivity contribution in [1.82, 2.24) is 9.55 Å². The molecule has 4 rings (SSSR count). The molecule has 152 valence electrons. The van der Waals surface area contributed by atoms with Gasteiger partial charge >= 0.3 is 0 Å². The van der Waals surface area contributed by atoms with Crippen LogP contribution in [0.3, 0.4) is 0 Å². The maximum atomic E-state index is 5.60. The number of rotatable bonds is 7. The van der Waals surface area contributed by atoms with Crippen LogP contribution in [0.15, 0.2) is 85.2 Å². The first-order valence-corrected chi connectivity index (χ1v) is 10.5. The molecule has 0 aliphatic heterocycles. The Kier molecular flexibility index (Phi) is 5.99. The highest BCUT2D eigenvalue weighted by Gasteiger charge is 2.17. The average molecular weight is 397 g/mol. The molecule has 0 unspecified atom stereocenters. The predicted octanol–water partition coefficient (Wildman–Crippen LogP) is 6.47. The molecule has 0 spiro atoms. The number of nitrogens with zero attached hydrogens (tertiary/aromatic N) is 2. The maximum Gasteiger partial charge on any atom is 0.128 e. The molecule has 3 aromatic carbocycles. The minimum atomic E-state index is 0.532. The summed E-state index contributed by atoms with van der Waals surface area (Å²) >= 11 is 0. The Bertz CT molecular complexity index is 1110. The number of hydrogen-bond donors (Lipinski definition) is 0. The molecule has 0 bridgehead atoms. The first-order valence-electron chi connectivity index (χ1n) is 10.5. The fraction of sp³-hybridized carbons (Fsp3) is 0.222. The highest BCUT2D eigenvalue weighted by atomic mass is 16.5. The zero-order valence-electron chi connectivity index (χ0n) is 17.9. The third-order valence-electron chi connectivity index (χ3n) is 5.30. The van der Waals surface area contributed by atoms with Crippen LogP contribution in [0.5, 0.6) is 5.75 Å². The monoisotopic (exact) mass is 396 g/mol. The molecule has 1 heterocycles. The van der Waals surface area contributed by atoms with Crippen molar-refractivity contribution in [2.45, 2.75) is 26.8 Å². The topological polar surface area (TPSA) is 27.1 Å². The van der Waals surface area contributed by atoms with Crippen molar-refractivity contribution in [2.24, 2.45) is 5.92 Å². The average Bonchev–Trinajstić information content (AvgIpc) is 3.15. The van der Waals surface area contributed by atoms with Gasteiger partial charge in [0.1, 0.15) is 5.75 Å². The Morgan fingerprint density at radius 1 is 0.867 bits per heavy atom. The summed E-state index contributed by atoms with van der Waals surface area (Å²) < 4.78 is 7.89. The number of ether oxygens (including phenoxy) is 1. The van der Waals surface area contributed by atoms with Gasteiger partial charge in [-0.15, -0.1) is 0 Å². The summed E-state index contributed by atoms with van der Waals surface area (Å²) in [5, 5.41) is 0. The number of hydrogen-bond acceptors (Lipinski definition) is 2. The van der Waals surface area contributed by atoms with Crippen LogP contribution in [0.2, 0.25) is 0 Å². The quantitative estimate of drug-likeness (QED) is 0.358. The van der Waals surface area contributed by atoms with Gasteiger partial charge in [0, 0.05) is 17.8 Å². The van der Waals surface area contributed by atoms with Crippen molar-refractivity contribution in [2.75, 3.05) is 7.11 Å². The third-order valence-corrected chi connectivity index (χ3v) is 5.30. The molecule has 30 heavy (non-hydrogen) atoms. The largest absolute Gasteiger partial charge is 0.496 e. The van der Waals surface area contributed by atoms with Crippen LogP contribution in [0.4, 0.5) is 0 Å². The number of benzene rings is 3. The minimum Gasteiger partial charge on any atom is -0.496 e. The van der Waals surface area contributed by atoms with E-state index in [0.29, 0.717) is 5.92 Å². The molecule has 3 nitrogen and oxygen atoms in total. The molecule has 0 amide bonds. The van der Waals surface area contributed by atoms with Crippen LogP contribution >= 0.6 is 0 Å². The Balaban J connectivity index is 1.71. The van der Waals surface area contributed by atoms with Gasteiger partial charge < -0.3 is 9.30 Å². The van der Waals surface area contributed by atoms with E-state index in [4.69, 9.17) is 9.72 Å². The number of imidazole rings is 1. The molecule has 1 aromatic heterocycles. The van der Waals surface area contributed by atoms with Crippen molar-refractivity contribution < 1.29 is 4.74 Å². The molecular weight excluding hydrogens is 368 g/mol. The van der Waals surface area contributed by atoms with E-state index in [-0.39, 0.29) is 0 Å². The molecule has 3 heteroatoms. The molecule has 0 aliphatic rings. The summed E-state index contributed by atoms with van der Waals surface area (Å²) in [5.41, 5.74) is 7.06. The third kappa shape index (κ3) is 4.30. The zero-order valence-corrected chi connectivity index (χ0v) is 17.9.